The minimum absolute atomic E-state index is 0.105. The minimum Gasteiger partial charge on any atom is -0.349 e. The van der Waals surface area contributed by atoms with Crippen LogP contribution in [0.5, 0.6) is 0 Å². The molecule has 7 nitrogen and oxygen atoms in total. The van der Waals surface area contributed by atoms with Gasteiger partial charge in [-0.1, -0.05) is 11.6 Å². The minimum atomic E-state index is -0.569. The average Bonchev–Trinajstić information content (AvgIpc) is 2.59. The number of halogens is 2. The van der Waals surface area contributed by atoms with Gasteiger partial charge in [0.25, 0.3) is 5.56 Å². The lowest BCUT2D eigenvalue weighted by Gasteiger charge is -2.34. The molecule has 1 fully saturated rings. The van der Waals surface area contributed by atoms with Crippen LogP contribution in [0, 0.1) is 5.82 Å². The number of nitrogens with zero attached hydrogens (tertiary/aromatic N) is 3. The third-order valence-corrected chi connectivity index (χ3v) is 4.17. The van der Waals surface area contributed by atoms with Crippen molar-refractivity contribution in [1.29, 1.82) is 0 Å². The highest BCUT2D eigenvalue weighted by Crippen LogP contribution is 2.18. The Labute approximate surface area is 148 Å². The van der Waals surface area contributed by atoms with Gasteiger partial charge in [0.1, 0.15) is 5.82 Å². The van der Waals surface area contributed by atoms with E-state index in [0.29, 0.717) is 32.0 Å². The maximum Gasteiger partial charge on any atom is 0.290 e. The first-order valence-electron chi connectivity index (χ1n) is 7.79. The molecule has 9 heteroatoms. The van der Waals surface area contributed by atoms with Gasteiger partial charge in [0, 0.05) is 43.6 Å². The van der Waals surface area contributed by atoms with Crippen molar-refractivity contribution in [2.75, 3.05) is 42.9 Å². The van der Waals surface area contributed by atoms with E-state index in [1.54, 1.807) is 0 Å². The predicted octanol–water partition coefficient (Wildman–Crippen LogP) is 1.32. The summed E-state index contributed by atoms with van der Waals surface area (Å²) in [5.74, 6) is -0.486. The zero-order valence-electron chi connectivity index (χ0n) is 13.3. The van der Waals surface area contributed by atoms with Gasteiger partial charge < -0.3 is 15.2 Å². The lowest BCUT2D eigenvalue weighted by molar-refractivity contribution is -0.117. The topological polar surface area (TPSA) is 81.3 Å². The number of anilines is 2. The molecular formula is C16H17ClFN5O2. The van der Waals surface area contributed by atoms with Crippen LogP contribution < -0.4 is 15.8 Å². The Hall–Kier alpha value is -2.45. The first-order valence-corrected chi connectivity index (χ1v) is 8.16. The van der Waals surface area contributed by atoms with Gasteiger partial charge in [0.2, 0.25) is 5.91 Å². The summed E-state index contributed by atoms with van der Waals surface area (Å²) in [7, 11) is 0. The van der Waals surface area contributed by atoms with Crippen LogP contribution in [-0.4, -0.2) is 53.5 Å². The monoisotopic (exact) mass is 365 g/mol. The molecule has 2 heterocycles. The molecule has 1 amide bonds. The summed E-state index contributed by atoms with van der Waals surface area (Å²) in [5.41, 5.74) is -0.125. The fourth-order valence-corrected chi connectivity index (χ4v) is 2.83. The number of carbonyl (C=O) groups is 1. The Bertz CT molecular complexity index is 820. The van der Waals surface area contributed by atoms with E-state index in [9.17, 15) is 14.0 Å². The SMILES string of the molecule is O=C(CN1CCN(c2ncc[nH]c2=O)CC1)Nc1ccc(Cl)cc1F. The van der Waals surface area contributed by atoms with Crippen LogP contribution in [0.15, 0.2) is 35.4 Å². The number of H-pyrrole nitrogens is 1. The van der Waals surface area contributed by atoms with Gasteiger partial charge in [-0.2, -0.15) is 0 Å². The number of aromatic nitrogens is 2. The molecule has 0 spiro atoms. The average molecular weight is 366 g/mol. The molecule has 0 saturated carbocycles. The fourth-order valence-electron chi connectivity index (χ4n) is 2.67. The van der Waals surface area contributed by atoms with E-state index in [4.69, 9.17) is 11.6 Å². The number of piperazine rings is 1. The lowest BCUT2D eigenvalue weighted by atomic mass is 10.3. The van der Waals surface area contributed by atoms with Crippen LogP contribution in [0.1, 0.15) is 0 Å². The van der Waals surface area contributed by atoms with E-state index in [1.165, 1.54) is 24.5 Å². The van der Waals surface area contributed by atoms with Gasteiger partial charge in [-0.15, -0.1) is 0 Å². The van der Waals surface area contributed by atoms with Crippen LogP contribution in [0.2, 0.25) is 5.02 Å². The van der Waals surface area contributed by atoms with Crippen molar-refractivity contribution >= 4 is 29.0 Å². The molecule has 0 bridgehead atoms. The fraction of sp³-hybridized carbons (Fsp3) is 0.312. The van der Waals surface area contributed by atoms with E-state index in [1.807, 2.05) is 9.80 Å². The molecule has 1 aromatic carbocycles. The van der Waals surface area contributed by atoms with E-state index in [-0.39, 0.29) is 28.7 Å². The Balaban J connectivity index is 1.53. The zero-order chi connectivity index (χ0) is 17.8. The van der Waals surface area contributed by atoms with Gasteiger partial charge in [0.05, 0.1) is 12.2 Å². The third kappa shape index (κ3) is 4.34. The maximum absolute atomic E-state index is 13.7. The molecular weight excluding hydrogens is 349 g/mol. The van der Waals surface area contributed by atoms with Gasteiger partial charge in [-0.3, -0.25) is 14.5 Å². The molecule has 132 valence electrons. The standard InChI is InChI=1S/C16H17ClFN5O2/c17-11-1-2-13(12(18)9-11)21-14(24)10-22-5-7-23(8-6-22)15-16(25)20-4-3-19-15/h1-4,9H,5-8,10H2,(H,20,25)(H,21,24). The molecule has 1 saturated heterocycles. The van der Waals surface area contributed by atoms with Crippen molar-refractivity contribution in [2.45, 2.75) is 0 Å². The molecule has 1 aromatic heterocycles. The highest BCUT2D eigenvalue weighted by atomic mass is 35.5. The zero-order valence-corrected chi connectivity index (χ0v) is 14.1. The molecule has 0 aliphatic carbocycles. The largest absolute Gasteiger partial charge is 0.349 e. The molecule has 0 unspecified atom stereocenters. The number of rotatable bonds is 4. The number of nitrogens with one attached hydrogen (secondary N) is 2. The van der Waals surface area contributed by atoms with Crippen LogP contribution in [0.3, 0.4) is 0 Å². The first-order chi connectivity index (χ1) is 12.0. The van der Waals surface area contributed by atoms with Crippen LogP contribution in [-0.2, 0) is 4.79 Å². The lowest BCUT2D eigenvalue weighted by Crippen LogP contribution is -2.50. The van der Waals surface area contributed by atoms with Gasteiger partial charge in [0.15, 0.2) is 5.82 Å². The Kier molecular flexibility index (Phi) is 5.30. The number of aromatic amines is 1. The summed E-state index contributed by atoms with van der Waals surface area (Å²) in [6.45, 7) is 2.53. The smallest absolute Gasteiger partial charge is 0.290 e. The number of amides is 1. The van der Waals surface area contributed by atoms with Crippen LogP contribution in [0.25, 0.3) is 0 Å². The second-order valence-corrected chi connectivity index (χ2v) is 6.11. The molecule has 0 atom stereocenters. The molecule has 25 heavy (non-hydrogen) atoms. The van der Waals surface area contributed by atoms with Crippen molar-refractivity contribution in [3.8, 4) is 0 Å². The maximum atomic E-state index is 13.7. The summed E-state index contributed by atoms with van der Waals surface area (Å²) in [6.07, 6.45) is 3.03. The number of hydrogen-bond acceptors (Lipinski definition) is 5. The van der Waals surface area contributed by atoms with Gasteiger partial charge in [-0.25, -0.2) is 9.37 Å². The molecule has 1 aliphatic rings. The quantitative estimate of drug-likeness (QED) is 0.854. The summed E-state index contributed by atoms with van der Waals surface area (Å²) in [5, 5.41) is 2.82. The second-order valence-electron chi connectivity index (χ2n) is 5.68. The van der Waals surface area contributed by atoms with Gasteiger partial charge >= 0.3 is 0 Å². The highest BCUT2D eigenvalue weighted by Gasteiger charge is 2.21. The summed E-state index contributed by atoms with van der Waals surface area (Å²) in [6, 6.07) is 4.10. The van der Waals surface area contributed by atoms with Crippen molar-refractivity contribution in [3.63, 3.8) is 0 Å². The van der Waals surface area contributed by atoms with E-state index in [0.717, 1.165) is 6.07 Å². The molecule has 3 rings (SSSR count). The summed E-state index contributed by atoms with van der Waals surface area (Å²) in [4.78, 5) is 34.4. The van der Waals surface area contributed by atoms with Crippen molar-refractivity contribution in [3.05, 3.63) is 51.8 Å². The van der Waals surface area contributed by atoms with Crippen molar-refractivity contribution in [2.24, 2.45) is 0 Å². The van der Waals surface area contributed by atoms with Gasteiger partial charge in [-0.05, 0) is 18.2 Å². The Morgan fingerprint density at radius 2 is 2.08 bits per heavy atom. The Morgan fingerprint density at radius 1 is 1.32 bits per heavy atom. The van der Waals surface area contributed by atoms with E-state index >= 15 is 0 Å². The first kappa shape index (κ1) is 17.4. The molecule has 2 aromatic rings. The molecule has 2 N–H and O–H groups in total. The summed E-state index contributed by atoms with van der Waals surface area (Å²) >= 11 is 5.69. The second kappa shape index (κ2) is 7.62. The number of hydrogen-bond donors (Lipinski definition) is 2. The highest BCUT2D eigenvalue weighted by molar-refractivity contribution is 6.30. The number of carbonyl (C=O) groups excluding carboxylic acids is 1. The van der Waals surface area contributed by atoms with Crippen LogP contribution in [0.4, 0.5) is 15.9 Å². The molecule has 0 radical (unpaired) electrons. The molecule has 1 aliphatic heterocycles. The third-order valence-electron chi connectivity index (χ3n) is 3.93. The van der Waals surface area contributed by atoms with E-state index < -0.39 is 5.82 Å². The van der Waals surface area contributed by atoms with Crippen molar-refractivity contribution in [1.82, 2.24) is 14.9 Å². The normalized spacial score (nSPS) is 15.2. The van der Waals surface area contributed by atoms with Crippen LogP contribution >= 0.6 is 11.6 Å². The van der Waals surface area contributed by atoms with E-state index in [2.05, 4.69) is 15.3 Å². The number of benzene rings is 1. The van der Waals surface area contributed by atoms with Crippen molar-refractivity contribution < 1.29 is 9.18 Å². The summed E-state index contributed by atoms with van der Waals surface area (Å²) < 4.78 is 13.7. The predicted molar refractivity (Wildman–Crippen MR) is 93.6 cm³/mol. The Morgan fingerprint density at radius 3 is 2.76 bits per heavy atom.